The molecule has 0 atom stereocenters. The molecule has 0 amide bonds. The Balaban J connectivity index is 1.99. The summed E-state index contributed by atoms with van der Waals surface area (Å²) in [5.41, 5.74) is 1.55. The third kappa shape index (κ3) is 3.41. The maximum absolute atomic E-state index is 12.9. The first-order valence-corrected chi connectivity index (χ1v) is 12.3. The van der Waals surface area contributed by atoms with Gasteiger partial charge in [0.05, 0.1) is 18.3 Å². The first-order valence-electron chi connectivity index (χ1n) is 10.6. The minimum Gasteiger partial charge on any atom is -0.311 e. The Bertz CT molecular complexity index is 1390. The van der Waals surface area contributed by atoms with Crippen LogP contribution in [0.15, 0.2) is 131 Å². The molecule has 156 valence electrons. The van der Waals surface area contributed by atoms with Crippen molar-refractivity contribution in [2.24, 2.45) is 11.8 Å². The average molecular weight is 434 g/mol. The number of para-hydroxylation sites is 1. The van der Waals surface area contributed by atoms with E-state index in [1.165, 1.54) is 0 Å². The molecule has 5 aromatic rings. The van der Waals surface area contributed by atoms with E-state index in [4.69, 9.17) is 4.74 Å². The smallest absolute Gasteiger partial charge is 0.252 e. The molecule has 32 heavy (non-hydrogen) atoms. The number of aromatic nitrogens is 1. The van der Waals surface area contributed by atoms with Gasteiger partial charge in [-0.25, -0.2) is 0 Å². The number of hydrogen-bond acceptors (Lipinski definition) is 2. The largest absolute Gasteiger partial charge is 0.311 e. The molecule has 0 unspecified atom stereocenters. The second-order valence-corrected chi connectivity index (χ2v) is 10.7. The predicted octanol–water partition coefficient (Wildman–Crippen LogP) is 5.35. The number of pyridine rings is 1. The topological polar surface area (TPSA) is 34.4 Å². The van der Waals surface area contributed by atoms with E-state index >= 15 is 0 Å². The fraction of sp³-hybridized carbons (Fsp3) is 0.0357. The summed E-state index contributed by atoms with van der Waals surface area (Å²) in [7, 11) is -0.630. The molecule has 1 aromatic heterocycles. The van der Waals surface area contributed by atoms with E-state index < -0.39 is 7.05 Å². The van der Waals surface area contributed by atoms with Crippen LogP contribution in [0.5, 0.6) is 0 Å². The molecule has 0 N–H and O–H groups in total. The number of rotatable bonds is 4. The summed E-state index contributed by atoms with van der Waals surface area (Å²) in [6.07, 6.45) is 0. The van der Waals surface area contributed by atoms with Crippen LogP contribution >= 0.6 is 7.05 Å². The van der Waals surface area contributed by atoms with Crippen molar-refractivity contribution in [2.45, 2.75) is 0 Å². The van der Waals surface area contributed by atoms with Crippen LogP contribution in [-0.4, -0.2) is 4.57 Å². The van der Waals surface area contributed by atoms with E-state index in [2.05, 4.69) is 72.8 Å². The lowest BCUT2D eigenvalue weighted by Gasteiger charge is -2.27. The lowest BCUT2D eigenvalue weighted by atomic mass is 10.2. The Hall–Kier alpha value is -3.68. The fourth-order valence-electron chi connectivity index (χ4n) is 4.19. The maximum atomic E-state index is 12.9. The molecule has 4 aromatic carbocycles. The second kappa shape index (κ2) is 8.45. The van der Waals surface area contributed by atoms with Crippen molar-refractivity contribution in [1.82, 2.24) is 4.57 Å². The number of nitrogens with zero attached hydrogens (tertiary/aromatic N) is 2. The van der Waals surface area contributed by atoms with Gasteiger partial charge in [-0.05, 0) is 6.07 Å². The summed E-state index contributed by atoms with van der Waals surface area (Å²) in [6.45, 7) is 0. The Labute approximate surface area is 187 Å². The molecule has 0 saturated carbocycles. The van der Waals surface area contributed by atoms with Gasteiger partial charge in [-0.2, -0.15) is 0 Å². The molecule has 0 radical (unpaired) electrons. The van der Waals surface area contributed by atoms with Crippen molar-refractivity contribution in [3.63, 3.8) is 0 Å². The predicted molar refractivity (Wildman–Crippen MR) is 136 cm³/mol. The van der Waals surface area contributed by atoms with Crippen LogP contribution in [-0.2, 0) is 7.05 Å². The highest BCUT2D eigenvalue weighted by Crippen LogP contribution is 2.49. The first-order chi connectivity index (χ1) is 15.7. The minimum atomic E-state index is -2.44. The van der Waals surface area contributed by atoms with Crippen LogP contribution in [0.4, 0.5) is 5.69 Å². The van der Waals surface area contributed by atoms with E-state index in [-0.39, 0.29) is 5.56 Å². The first kappa shape index (κ1) is 20.2. The fourth-order valence-corrected chi connectivity index (χ4v) is 7.73. The monoisotopic (exact) mass is 434 g/mol. The molecule has 0 fully saturated rings. The van der Waals surface area contributed by atoms with E-state index in [1.54, 1.807) is 10.6 Å². The van der Waals surface area contributed by atoms with Crippen LogP contribution in [0.25, 0.3) is 10.9 Å². The second-order valence-electron chi connectivity index (χ2n) is 7.69. The lowest BCUT2D eigenvalue weighted by molar-refractivity contribution is 0.906. The summed E-state index contributed by atoms with van der Waals surface area (Å²) >= 11 is 0. The summed E-state index contributed by atoms with van der Waals surface area (Å²) < 4.78 is 7.21. The van der Waals surface area contributed by atoms with Crippen molar-refractivity contribution in [1.29, 1.82) is 0 Å². The Morgan fingerprint density at radius 1 is 0.625 bits per heavy atom. The third-order valence-corrected chi connectivity index (χ3v) is 9.43. The third-order valence-electron chi connectivity index (χ3n) is 5.78. The zero-order chi connectivity index (χ0) is 22.0. The van der Waals surface area contributed by atoms with E-state index in [0.717, 1.165) is 32.5 Å². The van der Waals surface area contributed by atoms with Gasteiger partial charge in [0.15, 0.2) is 0 Å². The molecular weight excluding hydrogens is 411 g/mol. The highest BCUT2D eigenvalue weighted by Gasteiger charge is 2.27. The minimum absolute atomic E-state index is 0.0604. The summed E-state index contributed by atoms with van der Waals surface area (Å²) in [5, 5.41) is 4.44. The molecule has 0 aliphatic carbocycles. The van der Waals surface area contributed by atoms with Gasteiger partial charge in [0, 0.05) is 34.4 Å². The lowest BCUT2D eigenvalue weighted by Crippen LogP contribution is -2.25. The van der Waals surface area contributed by atoms with Gasteiger partial charge < -0.3 is 4.57 Å². The molecule has 0 aliphatic rings. The highest BCUT2D eigenvalue weighted by molar-refractivity contribution is 7.87. The molecule has 0 bridgehead atoms. The van der Waals surface area contributed by atoms with Crippen LogP contribution in [0.2, 0.25) is 0 Å². The van der Waals surface area contributed by atoms with Crippen molar-refractivity contribution in [3.8, 4) is 0 Å². The van der Waals surface area contributed by atoms with Gasteiger partial charge in [0.1, 0.15) is 0 Å². The summed E-state index contributed by atoms with van der Waals surface area (Å²) in [5.74, 6) is 0. The number of aryl methyl sites for hydroxylation is 1. The molecule has 0 aliphatic heterocycles. The molecule has 0 spiro atoms. The maximum Gasteiger partial charge on any atom is 0.252 e. The Kier molecular flexibility index (Phi) is 5.34. The number of fused-ring (bicyclic) bond motifs is 1. The van der Waals surface area contributed by atoms with Gasteiger partial charge >= 0.3 is 0 Å². The zero-order valence-electron chi connectivity index (χ0n) is 17.8. The van der Waals surface area contributed by atoms with Gasteiger partial charge in [0.2, 0.25) is 0 Å². The summed E-state index contributed by atoms with van der Waals surface area (Å²) in [4.78, 5) is 12.9. The average Bonchev–Trinajstić information content (AvgIpc) is 2.87. The Morgan fingerprint density at radius 2 is 1.06 bits per heavy atom. The van der Waals surface area contributed by atoms with Crippen molar-refractivity contribution in [2.75, 3.05) is 0 Å². The number of hydrogen-bond donors (Lipinski definition) is 0. The summed E-state index contributed by atoms with van der Waals surface area (Å²) in [6, 6.07) is 41.0. The number of benzene rings is 4. The Morgan fingerprint density at radius 3 is 1.56 bits per heavy atom. The molecular formula is C28H23N2OP. The van der Waals surface area contributed by atoms with Crippen molar-refractivity contribution in [3.05, 3.63) is 132 Å². The van der Waals surface area contributed by atoms with Crippen LogP contribution in [0, 0.1) is 0 Å². The van der Waals surface area contributed by atoms with Gasteiger partial charge in [0.25, 0.3) is 5.56 Å². The van der Waals surface area contributed by atoms with Crippen molar-refractivity contribution < 1.29 is 0 Å². The van der Waals surface area contributed by atoms with Gasteiger partial charge in [-0.15, -0.1) is 0 Å². The van der Waals surface area contributed by atoms with E-state index in [9.17, 15) is 4.79 Å². The molecule has 4 heteroatoms. The molecule has 5 rings (SSSR count). The quantitative estimate of drug-likeness (QED) is 0.351. The standard InChI is InChI=1S/C28H23N2OP/c1-30-27-20-12-11-19-25(27)26(21-28(30)31)29-32(22-13-5-2-6-14-22,23-15-7-3-8-16-23)24-17-9-4-10-18-24/h2-21H,1H3. The van der Waals surface area contributed by atoms with Crippen molar-refractivity contribution >= 4 is 39.6 Å². The van der Waals surface area contributed by atoms with Crippen LogP contribution in [0.3, 0.4) is 0 Å². The highest BCUT2D eigenvalue weighted by atomic mass is 31.2. The van der Waals surface area contributed by atoms with E-state index in [0.29, 0.717) is 0 Å². The van der Waals surface area contributed by atoms with E-state index in [1.807, 2.05) is 49.5 Å². The van der Waals surface area contributed by atoms with Crippen LogP contribution < -0.4 is 21.5 Å². The van der Waals surface area contributed by atoms with Gasteiger partial charge in [-0.3, -0.25) is 9.54 Å². The molecule has 3 nitrogen and oxygen atoms in total. The van der Waals surface area contributed by atoms with Gasteiger partial charge in [-0.1, -0.05) is 109 Å². The SMILES string of the molecule is Cn1c(=O)cc(N=P(c2ccccc2)(c2ccccc2)c2ccccc2)c2ccccc21. The van der Waals surface area contributed by atoms with Crippen LogP contribution in [0.1, 0.15) is 0 Å². The molecule has 0 saturated heterocycles. The zero-order valence-corrected chi connectivity index (χ0v) is 18.7. The normalized spacial score (nSPS) is 11.4. The molecule has 1 heterocycles.